The minimum absolute atomic E-state index is 0.226. The smallest absolute Gasteiger partial charge is 0.120 e. The Labute approximate surface area is 138 Å². The number of aliphatic hydroxyl groups is 1. The monoisotopic (exact) mass is 304 g/mol. The van der Waals surface area contributed by atoms with Crippen molar-refractivity contribution in [2.75, 3.05) is 13.7 Å². The number of aliphatic hydroxyl groups excluding tert-OH is 1. The first-order chi connectivity index (χ1) is 11.3. The summed E-state index contributed by atoms with van der Waals surface area (Å²) in [5.41, 5.74) is 2.77. The molecule has 2 rings (SSSR count). The fourth-order valence-electron chi connectivity index (χ4n) is 2.02. The van der Waals surface area contributed by atoms with E-state index in [1.807, 2.05) is 48.5 Å². The van der Waals surface area contributed by atoms with Crippen LogP contribution in [-0.4, -0.2) is 18.8 Å². The Morgan fingerprint density at radius 2 is 1.70 bits per heavy atom. The van der Waals surface area contributed by atoms with Crippen LogP contribution in [0.2, 0.25) is 0 Å². The first-order valence-corrected chi connectivity index (χ1v) is 7.68. The van der Waals surface area contributed by atoms with Crippen LogP contribution >= 0.6 is 0 Å². The van der Waals surface area contributed by atoms with Crippen LogP contribution in [0.1, 0.15) is 36.0 Å². The van der Waals surface area contributed by atoms with Gasteiger partial charge in [0.2, 0.25) is 0 Å². The van der Waals surface area contributed by atoms with E-state index < -0.39 is 0 Å². The van der Waals surface area contributed by atoms with Gasteiger partial charge in [0.15, 0.2) is 0 Å². The van der Waals surface area contributed by atoms with Crippen molar-refractivity contribution in [2.24, 2.45) is 0 Å². The molecule has 0 aromatic heterocycles. The molecular formula is C21H20O2. The van der Waals surface area contributed by atoms with E-state index in [2.05, 4.69) is 23.7 Å². The van der Waals surface area contributed by atoms with Crippen LogP contribution in [0.15, 0.2) is 48.5 Å². The Kier molecular flexibility index (Phi) is 6.79. The van der Waals surface area contributed by atoms with Crippen LogP contribution in [0.5, 0.6) is 5.75 Å². The van der Waals surface area contributed by atoms with E-state index in [-0.39, 0.29) is 6.61 Å². The zero-order chi connectivity index (χ0) is 16.3. The van der Waals surface area contributed by atoms with Gasteiger partial charge < -0.3 is 9.84 Å². The van der Waals surface area contributed by atoms with Crippen LogP contribution in [0.25, 0.3) is 0 Å². The average Bonchev–Trinajstić information content (AvgIpc) is 2.61. The molecule has 0 aliphatic carbocycles. The van der Waals surface area contributed by atoms with Gasteiger partial charge in [0.1, 0.15) is 5.75 Å². The van der Waals surface area contributed by atoms with Gasteiger partial charge in [-0.15, -0.1) is 0 Å². The SMILES string of the molecule is COc1cccc(C#Cc2ccccc2C#CCCCCO)c1. The van der Waals surface area contributed by atoms with Gasteiger partial charge in [-0.3, -0.25) is 0 Å². The molecule has 0 radical (unpaired) electrons. The van der Waals surface area contributed by atoms with Crippen molar-refractivity contribution in [1.29, 1.82) is 0 Å². The Hall–Kier alpha value is -2.68. The molecular weight excluding hydrogens is 284 g/mol. The standard InChI is InChI=1S/C21H20O2/c1-23-21-13-8-9-18(17-21)14-15-20-12-6-5-11-19(20)10-4-2-3-7-16-22/h5-6,8-9,11-13,17,22H,2-3,7,16H2,1H3. The lowest BCUT2D eigenvalue weighted by molar-refractivity contribution is 0.285. The lowest BCUT2D eigenvalue weighted by Crippen LogP contribution is -1.85. The molecule has 1 N–H and O–H groups in total. The summed E-state index contributed by atoms with van der Waals surface area (Å²) in [5, 5.41) is 8.77. The number of ether oxygens (including phenoxy) is 1. The number of rotatable bonds is 4. The van der Waals surface area contributed by atoms with Gasteiger partial charge >= 0.3 is 0 Å². The highest BCUT2D eigenvalue weighted by Crippen LogP contribution is 2.12. The van der Waals surface area contributed by atoms with E-state index in [1.54, 1.807) is 7.11 Å². The Bertz CT molecular complexity index is 754. The molecule has 2 heteroatoms. The molecule has 0 bridgehead atoms. The maximum Gasteiger partial charge on any atom is 0.120 e. The van der Waals surface area contributed by atoms with Gasteiger partial charge in [-0.25, -0.2) is 0 Å². The number of hydrogen-bond acceptors (Lipinski definition) is 2. The minimum Gasteiger partial charge on any atom is -0.497 e. The molecule has 0 saturated carbocycles. The normalized spacial score (nSPS) is 9.30. The van der Waals surface area contributed by atoms with Gasteiger partial charge in [-0.2, -0.15) is 0 Å². The van der Waals surface area contributed by atoms with Crippen LogP contribution in [0.3, 0.4) is 0 Å². The second kappa shape index (κ2) is 9.36. The van der Waals surface area contributed by atoms with Gasteiger partial charge in [0.25, 0.3) is 0 Å². The maximum atomic E-state index is 8.77. The van der Waals surface area contributed by atoms with Gasteiger partial charge in [-0.1, -0.05) is 41.9 Å². The van der Waals surface area contributed by atoms with E-state index >= 15 is 0 Å². The van der Waals surface area contributed by atoms with Crippen molar-refractivity contribution in [2.45, 2.75) is 19.3 Å². The highest BCUT2D eigenvalue weighted by atomic mass is 16.5. The van der Waals surface area contributed by atoms with Crippen molar-refractivity contribution in [3.63, 3.8) is 0 Å². The summed E-state index contributed by atoms with van der Waals surface area (Å²) in [6.07, 6.45) is 2.51. The summed E-state index contributed by atoms with van der Waals surface area (Å²) in [7, 11) is 1.65. The first kappa shape index (κ1) is 16.7. The predicted molar refractivity (Wildman–Crippen MR) is 93.2 cm³/mol. The summed E-state index contributed by atoms with van der Waals surface area (Å²) in [6.45, 7) is 0.226. The topological polar surface area (TPSA) is 29.5 Å². The van der Waals surface area contributed by atoms with E-state index in [0.29, 0.717) is 0 Å². The summed E-state index contributed by atoms with van der Waals surface area (Å²) in [5.74, 6) is 13.5. The summed E-state index contributed by atoms with van der Waals surface area (Å²) >= 11 is 0. The van der Waals surface area contributed by atoms with Crippen molar-refractivity contribution in [3.8, 4) is 29.4 Å². The van der Waals surface area contributed by atoms with E-state index in [9.17, 15) is 0 Å². The van der Waals surface area contributed by atoms with Crippen LogP contribution in [-0.2, 0) is 0 Å². The molecule has 0 unspecified atom stereocenters. The number of unbranched alkanes of at least 4 members (excludes halogenated alkanes) is 2. The molecule has 0 saturated heterocycles. The molecule has 0 spiro atoms. The second-order valence-corrected chi connectivity index (χ2v) is 5.01. The highest BCUT2D eigenvalue weighted by molar-refractivity contribution is 5.53. The Morgan fingerprint density at radius 1 is 0.913 bits per heavy atom. The van der Waals surface area contributed by atoms with Gasteiger partial charge in [0.05, 0.1) is 7.11 Å². The molecule has 0 fully saturated rings. The fourth-order valence-corrected chi connectivity index (χ4v) is 2.02. The minimum atomic E-state index is 0.226. The third-order valence-electron chi connectivity index (χ3n) is 3.27. The predicted octanol–water partition coefficient (Wildman–Crippen LogP) is 3.61. The molecule has 0 aliphatic rings. The van der Waals surface area contributed by atoms with Crippen LogP contribution in [0.4, 0.5) is 0 Å². The number of benzene rings is 2. The number of hydrogen-bond donors (Lipinski definition) is 1. The molecule has 0 atom stereocenters. The molecule has 0 amide bonds. The molecule has 23 heavy (non-hydrogen) atoms. The molecule has 116 valence electrons. The maximum absolute atomic E-state index is 8.77. The zero-order valence-corrected chi connectivity index (χ0v) is 13.3. The van der Waals surface area contributed by atoms with Crippen LogP contribution < -0.4 is 4.74 Å². The average molecular weight is 304 g/mol. The Morgan fingerprint density at radius 3 is 2.43 bits per heavy atom. The highest BCUT2D eigenvalue weighted by Gasteiger charge is 1.95. The number of methoxy groups -OCH3 is 1. The van der Waals surface area contributed by atoms with Gasteiger partial charge in [-0.05, 0) is 43.2 Å². The Balaban J connectivity index is 2.16. The molecule has 2 aromatic carbocycles. The third-order valence-corrected chi connectivity index (χ3v) is 3.27. The van der Waals surface area contributed by atoms with Crippen molar-refractivity contribution < 1.29 is 9.84 Å². The zero-order valence-electron chi connectivity index (χ0n) is 13.3. The van der Waals surface area contributed by atoms with Crippen molar-refractivity contribution in [1.82, 2.24) is 0 Å². The second-order valence-electron chi connectivity index (χ2n) is 5.01. The van der Waals surface area contributed by atoms with Crippen molar-refractivity contribution >= 4 is 0 Å². The summed E-state index contributed by atoms with van der Waals surface area (Å²) in [6, 6.07) is 15.6. The van der Waals surface area contributed by atoms with E-state index in [0.717, 1.165) is 41.7 Å². The first-order valence-electron chi connectivity index (χ1n) is 7.68. The van der Waals surface area contributed by atoms with Gasteiger partial charge in [0, 0.05) is 29.7 Å². The van der Waals surface area contributed by atoms with E-state index in [1.165, 1.54) is 0 Å². The van der Waals surface area contributed by atoms with Crippen molar-refractivity contribution in [3.05, 3.63) is 65.2 Å². The van der Waals surface area contributed by atoms with Crippen LogP contribution in [0, 0.1) is 23.7 Å². The molecule has 0 heterocycles. The molecule has 0 aliphatic heterocycles. The quantitative estimate of drug-likeness (QED) is 0.691. The fraction of sp³-hybridized carbons (Fsp3) is 0.238. The summed E-state index contributed by atoms with van der Waals surface area (Å²) in [4.78, 5) is 0. The summed E-state index contributed by atoms with van der Waals surface area (Å²) < 4.78 is 5.21. The molecule has 2 aromatic rings. The lowest BCUT2D eigenvalue weighted by atomic mass is 10.1. The third kappa shape index (κ3) is 5.55. The molecule has 2 nitrogen and oxygen atoms in total. The lowest BCUT2D eigenvalue weighted by Gasteiger charge is -1.99. The largest absolute Gasteiger partial charge is 0.497 e. The van der Waals surface area contributed by atoms with E-state index in [4.69, 9.17) is 9.84 Å².